The summed E-state index contributed by atoms with van der Waals surface area (Å²) < 4.78 is 30.2. The number of anilines is 1. The zero-order valence-corrected chi connectivity index (χ0v) is 15.1. The van der Waals surface area contributed by atoms with E-state index in [2.05, 4.69) is 4.98 Å². The normalized spacial score (nSPS) is 12.7. The number of nitrogen functional groups attached to an aromatic ring is 1. The van der Waals surface area contributed by atoms with Crippen LogP contribution in [0.3, 0.4) is 0 Å². The number of hydrogen-bond donors (Lipinski definition) is 3. The highest BCUT2D eigenvalue weighted by atomic mass is 32.1. The van der Waals surface area contributed by atoms with Crippen LogP contribution in [0.4, 0.5) is 9.52 Å². The molecule has 6 nitrogen and oxygen atoms in total. The molecule has 0 aliphatic heterocycles. The maximum atomic E-state index is 13.7. The van der Waals surface area contributed by atoms with E-state index in [1.54, 1.807) is 18.2 Å². The van der Waals surface area contributed by atoms with E-state index in [1.165, 1.54) is 23.5 Å². The summed E-state index contributed by atoms with van der Waals surface area (Å²) in [5, 5.41) is 0.415. The molecule has 0 spiro atoms. The lowest BCUT2D eigenvalue weighted by atomic mass is 9.95. The van der Waals surface area contributed by atoms with Crippen LogP contribution in [0.2, 0.25) is 0 Å². The Kier molecular flexibility index (Phi) is 4.08. The van der Waals surface area contributed by atoms with Crippen LogP contribution in [-0.2, 0) is 11.0 Å². The molecule has 26 heavy (non-hydrogen) atoms. The van der Waals surface area contributed by atoms with Gasteiger partial charge in [0.15, 0.2) is 11.5 Å². The first-order chi connectivity index (χ1) is 12.3. The Bertz CT molecular complexity index is 1060. The van der Waals surface area contributed by atoms with Crippen molar-refractivity contribution in [2.75, 3.05) is 12.1 Å². The zero-order valence-electron chi connectivity index (χ0n) is 13.3. The Morgan fingerprint density at radius 1 is 1.31 bits per heavy atom. The maximum absolute atomic E-state index is 13.7. The molecule has 4 N–H and O–H groups in total. The highest BCUT2D eigenvalue weighted by Crippen LogP contribution is 2.49. The molecule has 1 aliphatic carbocycles. The molecule has 0 atom stereocenters. The van der Waals surface area contributed by atoms with E-state index in [0.29, 0.717) is 34.1 Å². The molecule has 9 heteroatoms. The summed E-state index contributed by atoms with van der Waals surface area (Å²) in [5.74, 6) is -0.0132. The summed E-state index contributed by atoms with van der Waals surface area (Å²) >= 11 is 1.36. The van der Waals surface area contributed by atoms with E-state index in [9.17, 15) is 8.96 Å². The molecule has 0 saturated carbocycles. The summed E-state index contributed by atoms with van der Waals surface area (Å²) in [6.07, 6.45) is -0.174. The van der Waals surface area contributed by atoms with Crippen LogP contribution >= 0.6 is 18.9 Å². The largest absolute Gasteiger partial charge is 0.480 e. The first-order valence-corrected chi connectivity index (χ1v) is 10.3. The number of fused-ring (bicyclic) bond motifs is 3. The summed E-state index contributed by atoms with van der Waals surface area (Å²) in [6, 6.07) is 9.65. The smallest absolute Gasteiger partial charge is 0.362 e. The molecule has 4 rings (SSSR count). The van der Waals surface area contributed by atoms with Gasteiger partial charge >= 0.3 is 7.60 Å². The second kappa shape index (κ2) is 6.17. The molecule has 0 amide bonds. The summed E-state index contributed by atoms with van der Waals surface area (Å²) in [6.45, 7) is 0. The van der Waals surface area contributed by atoms with Gasteiger partial charge in [-0.2, -0.15) is 0 Å². The minimum atomic E-state index is -4.33. The van der Waals surface area contributed by atoms with Crippen molar-refractivity contribution in [2.24, 2.45) is 0 Å². The predicted molar refractivity (Wildman–Crippen MR) is 97.7 cm³/mol. The topological polar surface area (TPSA) is 106 Å². The van der Waals surface area contributed by atoms with E-state index in [4.69, 9.17) is 20.3 Å². The average molecular weight is 392 g/mol. The van der Waals surface area contributed by atoms with Gasteiger partial charge in [-0.15, -0.1) is 11.3 Å². The number of rotatable bonds is 4. The standard InChI is InChI=1S/C17H14FN2O4PS/c18-10-3-1-2-9(6-10)11-4-5-13(24-8-25(21,22)23)15-12(11)7-14-16(15)20-17(19)26-14/h1-6H,7-8H2,(H2,19,20)(H2,21,22,23). The highest BCUT2D eigenvalue weighted by molar-refractivity contribution is 7.51. The van der Waals surface area contributed by atoms with Crippen molar-refractivity contribution < 1.29 is 23.5 Å². The third kappa shape index (κ3) is 3.12. The summed E-state index contributed by atoms with van der Waals surface area (Å²) in [5.41, 5.74) is 9.53. The van der Waals surface area contributed by atoms with E-state index < -0.39 is 13.9 Å². The SMILES string of the molecule is Nc1nc2c(s1)Cc1c(-c3cccc(F)c3)ccc(OCP(=O)(O)O)c1-2. The van der Waals surface area contributed by atoms with Gasteiger partial charge in [-0.1, -0.05) is 18.2 Å². The number of nitrogens with zero attached hydrogens (tertiary/aromatic N) is 1. The lowest BCUT2D eigenvalue weighted by Gasteiger charge is -2.15. The molecule has 2 aromatic carbocycles. The Morgan fingerprint density at radius 2 is 2.12 bits per heavy atom. The Hall–Kier alpha value is -2.25. The fourth-order valence-corrected chi connectivity index (χ4v) is 4.27. The first-order valence-electron chi connectivity index (χ1n) is 7.66. The van der Waals surface area contributed by atoms with Gasteiger partial charge in [0, 0.05) is 16.9 Å². The number of nitrogens with two attached hydrogens (primary N) is 1. The van der Waals surface area contributed by atoms with Crippen LogP contribution < -0.4 is 10.5 Å². The van der Waals surface area contributed by atoms with Gasteiger partial charge in [-0.05, 0) is 34.9 Å². The number of hydrogen-bond acceptors (Lipinski definition) is 5. The van der Waals surface area contributed by atoms with Crippen LogP contribution in [0.25, 0.3) is 22.4 Å². The quantitative estimate of drug-likeness (QED) is 0.458. The number of halogens is 1. The van der Waals surface area contributed by atoms with Crippen molar-refractivity contribution in [1.29, 1.82) is 0 Å². The van der Waals surface area contributed by atoms with Crippen molar-refractivity contribution in [1.82, 2.24) is 4.98 Å². The minimum absolute atomic E-state index is 0.326. The van der Waals surface area contributed by atoms with E-state index >= 15 is 0 Å². The molecule has 0 bridgehead atoms. The van der Waals surface area contributed by atoms with Crippen molar-refractivity contribution >= 4 is 24.1 Å². The van der Waals surface area contributed by atoms with Crippen LogP contribution in [0.1, 0.15) is 10.4 Å². The van der Waals surface area contributed by atoms with Crippen LogP contribution in [-0.4, -0.2) is 21.1 Å². The number of thiazole rings is 1. The fourth-order valence-electron chi connectivity index (χ4n) is 3.12. The van der Waals surface area contributed by atoms with Crippen molar-refractivity contribution in [3.05, 3.63) is 52.7 Å². The van der Waals surface area contributed by atoms with Crippen LogP contribution in [0.5, 0.6) is 5.75 Å². The molecular weight excluding hydrogens is 378 g/mol. The Labute approximate surface area is 152 Å². The summed E-state index contributed by atoms with van der Waals surface area (Å²) in [7, 11) is -4.33. The fraction of sp³-hybridized carbons (Fsp3) is 0.118. The van der Waals surface area contributed by atoms with E-state index in [-0.39, 0.29) is 5.82 Å². The van der Waals surface area contributed by atoms with Crippen molar-refractivity contribution in [3.8, 4) is 28.1 Å². The molecule has 1 aliphatic rings. The zero-order chi connectivity index (χ0) is 18.5. The monoisotopic (exact) mass is 392 g/mol. The van der Waals surface area contributed by atoms with E-state index in [1.807, 2.05) is 6.07 Å². The van der Waals surface area contributed by atoms with Gasteiger partial charge < -0.3 is 20.3 Å². The van der Waals surface area contributed by atoms with E-state index in [0.717, 1.165) is 16.0 Å². The van der Waals surface area contributed by atoms with Gasteiger partial charge in [-0.3, -0.25) is 4.57 Å². The lowest BCUT2D eigenvalue weighted by Crippen LogP contribution is -2.01. The van der Waals surface area contributed by atoms with Crippen LogP contribution in [0, 0.1) is 5.82 Å². The molecule has 0 radical (unpaired) electrons. The third-order valence-electron chi connectivity index (χ3n) is 4.09. The second-order valence-electron chi connectivity index (χ2n) is 5.91. The molecule has 0 fully saturated rings. The van der Waals surface area contributed by atoms with Crippen LogP contribution in [0.15, 0.2) is 36.4 Å². The van der Waals surface area contributed by atoms with Gasteiger partial charge in [0.2, 0.25) is 0 Å². The molecule has 1 aromatic heterocycles. The van der Waals surface area contributed by atoms with Crippen molar-refractivity contribution in [3.63, 3.8) is 0 Å². The van der Waals surface area contributed by atoms with Crippen molar-refractivity contribution in [2.45, 2.75) is 6.42 Å². The highest BCUT2D eigenvalue weighted by Gasteiger charge is 2.30. The number of benzene rings is 2. The van der Waals surface area contributed by atoms with Gasteiger partial charge in [-0.25, -0.2) is 9.37 Å². The number of aromatic nitrogens is 1. The number of ether oxygens (including phenoxy) is 1. The molecule has 3 aromatic rings. The Morgan fingerprint density at radius 3 is 2.85 bits per heavy atom. The van der Waals surface area contributed by atoms with Gasteiger partial charge in [0.05, 0.1) is 5.69 Å². The second-order valence-corrected chi connectivity index (χ2v) is 8.62. The molecule has 0 unspecified atom stereocenters. The average Bonchev–Trinajstić information content (AvgIpc) is 3.08. The third-order valence-corrected chi connectivity index (χ3v) is 5.44. The molecular formula is C17H14FN2O4PS. The Balaban J connectivity index is 1.87. The predicted octanol–water partition coefficient (Wildman–Crippen LogP) is 3.62. The maximum Gasteiger partial charge on any atom is 0.362 e. The molecule has 0 saturated heterocycles. The lowest BCUT2D eigenvalue weighted by molar-refractivity contribution is 0.301. The minimum Gasteiger partial charge on any atom is -0.480 e. The first kappa shape index (κ1) is 17.2. The molecule has 1 heterocycles. The van der Waals surface area contributed by atoms with Gasteiger partial charge in [0.1, 0.15) is 11.6 Å². The van der Waals surface area contributed by atoms with Gasteiger partial charge in [0.25, 0.3) is 0 Å². The summed E-state index contributed by atoms with van der Waals surface area (Å²) in [4.78, 5) is 23.5. The molecule has 134 valence electrons.